The first-order valence-electron chi connectivity index (χ1n) is 9.84. The van der Waals surface area contributed by atoms with Gasteiger partial charge >= 0.3 is 0 Å². The van der Waals surface area contributed by atoms with Gasteiger partial charge in [-0.05, 0) is 51.3 Å². The van der Waals surface area contributed by atoms with Crippen LogP contribution in [0.15, 0.2) is 29.1 Å². The van der Waals surface area contributed by atoms with Gasteiger partial charge in [-0.15, -0.1) is 0 Å². The van der Waals surface area contributed by atoms with E-state index in [0.717, 1.165) is 25.9 Å². The molecule has 0 radical (unpaired) electrons. The second kappa shape index (κ2) is 8.26. The van der Waals surface area contributed by atoms with Crippen molar-refractivity contribution in [1.29, 1.82) is 0 Å². The number of nitrogens with zero attached hydrogens (tertiary/aromatic N) is 4. The molecule has 2 aliphatic rings. The van der Waals surface area contributed by atoms with Crippen LogP contribution < -0.4 is 4.74 Å². The van der Waals surface area contributed by atoms with Gasteiger partial charge in [0.15, 0.2) is 6.61 Å². The van der Waals surface area contributed by atoms with Crippen LogP contribution in [0.4, 0.5) is 4.39 Å². The topological polar surface area (TPSA) is 71.7 Å². The normalized spacial score (nSPS) is 22.7. The molecule has 0 spiro atoms. The van der Waals surface area contributed by atoms with Gasteiger partial charge in [0.25, 0.3) is 5.91 Å². The lowest BCUT2D eigenvalue weighted by atomic mass is 10.1. The molecule has 150 valence electrons. The lowest BCUT2D eigenvalue weighted by Gasteiger charge is -2.31. The number of benzene rings is 1. The van der Waals surface area contributed by atoms with Crippen LogP contribution in [0.1, 0.15) is 48.8 Å². The molecule has 4 rings (SSSR count). The second-order valence-electron chi connectivity index (χ2n) is 7.56. The van der Waals surface area contributed by atoms with Crippen LogP contribution in [0.2, 0.25) is 0 Å². The average molecular weight is 388 g/mol. The van der Waals surface area contributed by atoms with E-state index in [4.69, 9.17) is 4.74 Å². The van der Waals surface area contributed by atoms with Crippen molar-refractivity contribution >= 4 is 5.91 Å². The van der Waals surface area contributed by atoms with E-state index < -0.39 is 5.82 Å². The zero-order valence-electron chi connectivity index (χ0n) is 16.0. The van der Waals surface area contributed by atoms with E-state index >= 15 is 0 Å². The van der Waals surface area contributed by atoms with Gasteiger partial charge in [0.1, 0.15) is 11.6 Å². The van der Waals surface area contributed by atoms with Crippen LogP contribution >= 0.6 is 0 Å². The summed E-state index contributed by atoms with van der Waals surface area (Å²) < 4.78 is 24.7. The minimum atomic E-state index is -0.573. The molecule has 1 aromatic carbocycles. The molecule has 0 N–H and O–H groups in total. The van der Waals surface area contributed by atoms with E-state index in [2.05, 4.69) is 26.5 Å². The molecular formula is C20H25FN4O3. The predicted octanol–water partition coefficient (Wildman–Crippen LogP) is 2.88. The van der Waals surface area contributed by atoms with Crippen LogP contribution in [0.25, 0.3) is 0 Å². The number of hydrogen-bond acceptors (Lipinski definition) is 6. The van der Waals surface area contributed by atoms with Crippen LogP contribution in [0, 0.1) is 5.82 Å². The summed E-state index contributed by atoms with van der Waals surface area (Å²) in [5.41, 5.74) is 0.0910. The van der Waals surface area contributed by atoms with Crippen LogP contribution in [-0.4, -0.2) is 57.6 Å². The molecule has 2 fully saturated rings. The molecule has 8 heteroatoms. The van der Waals surface area contributed by atoms with Crippen molar-refractivity contribution in [2.45, 2.75) is 51.3 Å². The number of aromatic nitrogens is 2. The zero-order chi connectivity index (χ0) is 19.5. The monoisotopic (exact) mass is 388 g/mol. The summed E-state index contributed by atoms with van der Waals surface area (Å²) >= 11 is 0. The van der Waals surface area contributed by atoms with Gasteiger partial charge in [-0.2, -0.15) is 4.98 Å². The summed E-state index contributed by atoms with van der Waals surface area (Å²) in [4.78, 5) is 21.1. The third kappa shape index (κ3) is 4.01. The van der Waals surface area contributed by atoms with E-state index in [1.54, 1.807) is 6.07 Å². The summed E-state index contributed by atoms with van der Waals surface area (Å²) in [6.07, 6.45) is 5.56. The zero-order valence-corrected chi connectivity index (χ0v) is 16.0. The highest BCUT2D eigenvalue weighted by molar-refractivity contribution is 5.95. The predicted molar refractivity (Wildman–Crippen MR) is 99.4 cm³/mol. The van der Waals surface area contributed by atoms with Gasteiger partial charge in [-0.1, -0.05) is 5.16 Å². The Labute approximate surface area is 163 Å². The van der Waals surface area contributed by atoms with Crippen molar-refractivity contribution in [3.8, 4) is 5.75 Å². The highest BCUT2D eigenvalue weighted by Crippen LogP contribution is 2.26. The van der Waals surface area contributed by atoms with Crippen LogP contribution in [0.3, 0.4) is 0 Å². The van der Waals surface area contributed by atoms with Crippen LogP contribution in [0.5, 0.6) is 5.75 Å². The first-order valence-corrected chi connectivity index (χ1v) is 9.84. The number of halogens is 1. The molecule has 3 heterocycles. The fourth-order valence-corrected chi connectivity index (χ4v) is 4.15. The summed E-state index contributed by atoms with van der Waals surface area (Å²) in [6.45, 7) is 4.95. The Kier molecular flexibility index (Phi) is 5.57. The molecule has 0 saturated carbocycles. The lowest BCUT2D eigenvalue weighted by molar-refractivity contribution is 0.0692. The molecule has 0 unspecified atom stereocenters. The first kappa shape index (κ1) is 18.9. The van der Waals surface area contributed by atoms with Gasteiger partial charge in [-0.25, -0.2) is 4.39 Å². The number of hydrogen-bond donors (Lipinski definition) is 0. The number of amides is 1. The van der Waals surface area contributed by atoms with Crippen molar-refractivity contribution < 1.29 is 18.4 Å². The van der Waals surface area contributed by atoms with Gasteiger partial charge in [-0.3, -0.25) is 9.69 Å². The molecule has 2 atom stereocenters. The second-order valence-corrected chi connectivity index (χ2v) is 7.56. The highest BCUT2D eigenvalue weighted by atomic mass is 19.1. The van der Waals surface area contributed by atoms with Crippen molar-refractivity contribution in [2.75, 3.05) is 19.6 Å². The molecule has 7 nitrogen and oxygen atoms in total. The van der Waals surface area contributed by atoms with E-state index in [1.165, 1.54) is 31.4 Å². The number of carbonyl (C=O) groups excluding carboxylic acids is 1. The standard InChI is InChI=1S/C20H25FN4O3/c1-14-4-2-8-24(14)11-15-5-3-9-25(15)20(26)17-7-6-16(10-18(17)21)27-12-19-22-13-28-23-19/h6-7,10,13-15H,2-5,8-9,11-12H2,1H3/t14-,15+/m1/s1. The Balaban J connectivity index is 1.41. The number of rotatable bonds is 6. The minimum Gasteiger partial charge on any atom is -0.485 e. The molecule has 0 aliphatic carbocycles. The summed E-state index contributed by atoms with van der Waals surface area (Å²) in [6, 6.07) is 5.05. The average Bonchev–Trinajstić information content (AvgIpc) is 3.43. The maximum Gasteiger partial charge on any atom is 0.257 e. The molecule has 2 saturated heterocycles. The third-order valence-electron chi connectivity index (χ3n) is 5.72. The van der Waals surface area contributed by atoms with Gasteiger partial charge in [0.05, 0.1) is 5.56 Å². The maximum absolute atomic E-state index is 14.6. The Bertz CT molecular complexity index is 814. The molecular weight excluding hydrogens is 363 g/mol. The smallest absolute Gasteiger partial charge is 0.257 e. The van der Waals surface area contributed by atoms with Crippen molar-refractivity contribution in [3.63, 3.8) is 0 Å². The molecule has 0 bridgehead atoms. The van der Waals surface area contributed by atoms with Crippen molar-refractivity contribution in [1.82, 2.24) is 19.9 Å². The minimum absolute atomic E-state index is 0.0749. The number of likely N-dealkylation sites (tertiary alicyclic amines) is 2. The Morgan fingerprint density at radius 2 is 2.18 bits per heavy atom. The fraction of sp³-hybridized carbons (Fsp3) is 0.550. The Morgan fingerprint density at radius 1 is 1.32 bits per heavy atom. The van der Waals surface area contributed by atoms with Gasteiger partial charge in [0.2, 0.25) is 12.2 Å². The molecule has 28 heavy (non-hydrogen) atoms. The quantitative estimate of drug-likeness (QED) is 0.758. The maximum atomic E-state index is 14.6. The molecule has 1 aromatic heterocycles. The highest BCUT2D eigenvalue weighted by Gasteiger charge is 2.33. The van der Waals surface area contributed by atoms with E-state index in [0.29, 0.717) is 24.2 Å². The lowest BCUT2D eigenvalue weighted by Crippen LogP contribution is -2.44. The van der Waals surface area contributed by atoms with Gasteiger partial charge in [0, 0.05) is 31.2 Å². The van der Waals surface area contributed by atoms with E-state index in [-0.39, 0.29) is 24.1 Å². The summed E-state index contributed by atoms with van der Waals surface area (Å²) in [5, 5.41) is 3.64. The number of ether oxygens (including phenoxy) is 1. The number of carbonyl (C=O) groups is 1. The van der Waals surface area contributed by atoms with Crippen molar-refractivity contribution in [2.24, 2.45) is 0 Å². The summed E-state index contributed by atoms with van der Waals surface area (Å²) in [7, 11) is 0. The van der Waals surface area contributed by atoms with E-state index in [1.807, 2.05) is 4.90 Å². The SMILES string of the molecule is C[C@@H]1CCCN1C[C@@H]1CCCN1C(=O)c1ccc(OCc2ncon2)cc1F. The van der Waals surface area contributed by atoms with Crippen molar-refractivity contribution in [3.05, 3.63) is 41.8 Å². The largest absolute Gasteiger partial charge is 0.485 e. The molecule has 1 amide bonds. The van der Waals surface area contributed by atoms with Gasteiger partial charge < -0.3 is 14.2 Å². The molecule has 2 aliphatic heterocycles. The van der Waals surface area contributed by atoms with E-state index in [9.17, 15) is 9.18 Å². The first-order chi connectivity index (χ1) is 13.6. The Morgan fingerprint density at radius 3 is 2.89 bits per heavy atom. The third-order valence-corrected chi connectivity index (χ3v) is 5.72. The van der Waals surface area contributed by atoms with Crippen LogP contribution in [-0.2, 0) is 6.61 Å². The Hall–Kier alpha value is -2.48. The molecule has 2 aromatic rings. The summed E-state index contributed by atoms with van der Waals surface area (Å²) in [5.74, 6) is -0.119. The fourth-order valence-electron chi connectivity index (χ4n) is 4.15.